The number of hydrogen-bond acceptors (Lipinski definition) is 2. The van der Waals surface area contributed by atoms with Crippen molar-refractivity contribution in [1.82, 2.24) is 4.57 Å². The first-order valence-corrected chi connectivity index (χ1v) is 6.42. The number of aryl methyl sites for hydroxylation is 1. The van der Waals surface area contributed by atoms with E-state index in [9.17, 15) is 0 Å². The lowest BCUT2D eigenvalue weighted by atomic mass is 10.1. The molecule has 0 radical (unpaired) electrons. The van der Waals surface area contributed by atoms with Crippen LogP contribution in [0.4, 0.5) is 0 Å². The first kappa shape index (κ1) is 13.6. The predicted octanol–water partition coefficient (Wildman–Crippen LogP) is 2.94. The van der Waals surface area contributed by atoms with Crippen LogP contribution in [0.15, 0.2) is 23.5 Å². The Bertz CT molecular complexity index is 344. The zero-order valence-corrected chi connectivity index (χ0v) is 10.6. The van der Waals surface area contributed by atoms with E-state index >= 15 is 0 Å². The minimum absolute atomic E-state index is 0.181. The monoisotopic (exact) mass is 237 g/mol. The summed E-state index contributed by atoms with van der Waals surface area (Å²) in [6, 6.07) is 3.79. The van der Waals surface area contributed by atoms with Gasteiger partial charge in [0, 0.05) is 12.7 Å². The molecule has 0 aliphatic carbocycles. The third-order valence-corrected chi connectivity index (χ3v) is 2.95. The van der Waals surface area contributed by atoms with E-state index in [1.165, 1.54) is 32.1 Å². The van der Waals surface area contributed by atoms with Crippen LogP contribution >= 0.6 is 0 Å². The molecule has 1 aromatic heterocycles. The van der Waals surface area contributed by atoms with E-state index < -0.39 is 0 Å². The van der Waals surface area contributed by atoms with E-state index in [-0.39, 0.29) is 5.84 Å². The largest absolute Gasteiger partial charge is 0.409 e. The van der Waals surface area contributed by atoms with Crippen LogP contribution in [0.3, 0.4) is 0 Å². The quantitative estimate of drug-likeness (QED) is 0.240. The van der Waals surface area contributed by atoms with Crippen LogP contribution < -0.4 is 5.73 Å². The molecule has 0 amide bonds. The molecule has 0 spiro atoms. The Morgan fingerprint density at radius 1 is 1.29 bits per heavy atom. The lowest BCUT2D eigenvalue weighted by Crippen LogP contribution is -2.18. The summed E-state index contributed by atoms with van der Waals surface area (Å²) in [7, 11) is 0. The van der Waals surface area contributed by atoms with Gasteiger partial charge in [-0.25, -0.2) is 0 Å². The van der Waals surface area contributed by atoms with E-state index in [0.29, 0.717) is 0 Å². The zero-order valence-electron chi connectivity index (χ0n) is 10.6. The standard InChI is InChI=1S/C13H23N3O/c1-2-3-4-5-6-7-10-16-11-8-9-12(16)13(14)15-17/h8-9,11,17H,2-7,10H2,1H3,(H2,14,15). The van der Waals surface area contributed by atoms with Crippen LogP contribution in [0, 0.1) is 0 Å². The average Bonchev–Trinajstić information content (AvgIpc) is 2.81. The summed E-state index contributed by atoms with van der Waals surface area (Å²) in [5.41, 5.74) is 6.38. The molecule has 0 bridgehead atoms. The number of hydrogen-bond donors (Lipinski definition) is 2. The van der Waals surface area contributed by atoms with E-state index in [4.69, 9.17) is 10.9 Å². The van der Waals surface area contributed by atoms with Gasteiger partial charge in [0.1, 0.15) is 0 Å². The molecule has 0 atom stereocenters. The number of rotatable bonds is 8. The Kier molecular flexibility index (Phi) is 6.22. The van der Waals surface area contributed by atoms with E-state index in [1.54, 1.807) is 0 Å². The molecule has 4 heteroatoms. The van der Waals surface area contributed by atoms with Crippen LogP contribution in [0.25, 0.3) is 0 Å². The van der Waals surface area contributed by atoms with E-state index in [2.05, 4.69) is 12.1 Å². The maximum atomic E-state index is 8.65. The molecule has 96 valence electrons. The van der Waals surface area contributed by atoms with Gasteiger partial charge in [-0.15, -0.1) is 0 Å². The summed E-state index contributed by atoms with van der Waals surface area (Å²) in [4.78, 5) is 0. The second-order valence-electron chi connectivity index (χ2n) is 4.34. The van der Waals surface area contributed by atoms with Gasteiger partial charge in [0.2, 0.25) is 0 Å². The molecule has 0 saturated carbocycles. The fraction of sp³-hybridized carbons (Fsp3) is 0.615. The van der Waals surface area contributed by atoms with Crippen LogP contribution in [0.2, 0.25) is 0 Å². The molecule has 1 heterocycles. The lowest BCUT2D eigenvalue weighted by Gasteiger charge is -2.07. The highest BCUT2D eigenvalue weighted by atomic mass is 16.4. The number of amidine groups is 1. The summed E-state index contributed by atoms with van der Waals surface area (Å²) in [5, 5.41) is 11.7. The summed E-state index contributed by atoms with van der Waals surface area (Å²) in [5.74, 6) is 0.181. The highest BCUT2D eigenvalue weighted by Crippen LogP contribution is 2.08. The first-order valence-electron chi connectivity index (χ1n) is 6.42. The SMILES string of the molecule is CCCCCCCCn1cccc1/C(N)=N/O. The van der Waals surface area contributed by atoms with Crippen LogP contribution in [0.5, 0.6) is 0 Å². The molecule has 0 aromatic carbocycles. The summed E-state index contributed by atoms with van der Waals surface area (Å²) in [6.45, 7) is 3.16. The van der Waals surface area contributed by atoms with Gasteiger partial charge >= 0.3 is 0 Å². The summed E-state index contributed by atoms with van der Waals surface area (Å²) in [6.07, 6.45) is 9.60. The van der Waals surface area contributed by atoms with Crippen molar-refractivity contribution < 1.29 is 5.21 Å². The third-order valence-electron chi connectivity index (χ3n) is 2.95. The average molecular weight is 237 g/mol. The molecule has 17 heavy (non-hydrogen) atoms. The predicted molar refractivity (Wildman–Crippen MR) is 70.3 cm³/mol. The Morgan fingerprint density at radius 3 is 2.71 bits per heavy atom. The third kappa shape index (κ3) is 4.51. The maximum absolute atomic E-state index is 8.65. The number of unbranched alkanes of at least 4 members (excludes halogenated alkanes) is 5. The molecule has 4 nitrogen and oxygen atoms in total. The van der Waals surface area contributed by atoms with Crippen molar-refractivity contribution in [3.8, 4) is 0 Å². The van der Waals surface area contributed by atoms with Crippen LogP contribution in [-0.4, -0.2) is 15.6 Å². The number of oxime groups is 1. The molecule has 0 aliphatic rings. The molecule has 3 N–H and O–H groups in total. The summed E-state index contributed by atoms with van der Waals surface area (Å²) >= 11 is 0. The van der Waals surface area contributed by atoms with Crippen molar-refractivity contribution in [1.29, 1.82) is 0 Å². The van der Waals surface area contributed by atoms with Crippen molar-refractivity contribution in [3.63, 3.8) is 0 Å². The number of nitrogens with zero attached hydrogens (tertiary/aromatic N) is 2. The van der Waals surface area contributed by atoms with Crippen molar-refractivity contribution >= 4 is 5.84 Å². The van der Waals surface area contributed by atoms with Gasteiger partial charge in [-0.3, -0.25) is 0 Å². The highest BCUT2D eigenvalue weighted by Gasteiger charge is 2.04. The Hall–Kier alpha value is -1.45. The highest BCUT2D eigenvalue weighted by molar-refractivity contribution is 5.95. The Morgan fingerprint density at radius 2 is 2.00 bits per heavy atom. The van der Waals surface area contributed by atoms with Gasteiger partial charge in [0.25, 0.3) is 0 Å². The minimum atomic E-state index is 0.181. The first-order chi connectivity index (χ1) is 8.29. The molecule has 0 unspecified atom stereocenters. The molecule has 1 rings (SSSR count). The second kappa shape index (κ2) is 7.76. The van der Waals surface area contributed by atoms with Gasteiger partial charge in [0.05, 0.1) is 5.69 Å². The molecular weight excluding hydrogens is 214 g/mol. The fourth-order valence-electron chi connectivity index (χ4n) is 1.96. The molecule has 0 fully saturated rings. The van der Waals surface area contributed by atoms with Gasteiger partial charge in [-0.2, -0.15) is 0 Å². The van der Waals surface area contributed by atoms with Gasteiger partial charge < -0.3 is 15.5 Å². The normalized spacial score (nSPS) is 11.9. The smallest absolute Gasteiger partial charge is 0.186 e. The molecule has 0 aliphatic heterocycles. The van der Waals surface area contributed by atoms with Crippen molar-refractivity contribution in [2.45, 2.75) is 52.0 Å². The lowest BCUT2D eigenvalue weighted by molar-refractivity contribution is 0.318. The number of nitrogens with two attached hydrogens (primary N) is 1. The van der Waals surface area contributed by atoms with Gasteiger partial charge in [-0.1, -0.05) is 44.2 Å². The van der Waals surface area contributed by atoms with Crippen molar-refractivity contribution in [3.05, 3.63) is 24.0 Å². The van der Waals surface area contributed by atoms with Crippen LogP contribution in [0.1, 0.15) is 51.1 Å². The summed E-state index contributed by atoms with van der Waals surface area (Å²) < 4.78 is 2.04. The molecule has 1 aromatic rings. The van der Waals surface area contributed by atoms with E-state index in [0.717, 1.165) is 18.7 Å². The number of aromatic nitrogens is 1. The van der Waals surface area contributed by atoms with Crippen molar-refractivity contribution in [2.75, 3.05) is 0 Å². The Labute approximate surface area is 103 Å². The van der Waals surface area contributed by atoms with E-state index in [1.807, 2.05) is 22.9 Å². The van der Waals surface area contributed by atoms with Crippen molar-refractivity contribution in [2.24, 2.45) is 10.9 Å². The van der Waals surface area contributed by atoms with Gasteiger partial charge in [0.15, 0.2) is 5.84 Å². The fourth-order valence-corrected chi connectivity index (χ4v) is 1.96. The molecular formula is C13H23N3O. The second-order valence-corrected chi connectivity index (χ2v) is 4.34. The minimum Gasteiger partial charge on any atom is -0.409 e. The Balaban J connectivity index is 2.30. The topological polar surface area (TPSA) is 63.5 Å². The van der Waals surface area contributed by atoms with Crippen LogP contribution in [-0.2, 0) is 6.54 Å². The molecule has 0 saturated heterocycles. The maximum Gasteiger partial charge on any atom is 0.186 e. The van der Waals surface area contributed by atoms with Gasteiger partial charge in [-0.05, 0) is 18.6 Å². The zero-order chi connectivity index (χ0) is 12.5.